The van der Waals surface area contributed by atoms with Gasteiger partial charge >= 0.3 is 0 Å². The quantitative estimate of drug-likeness (QED) is 0.600. The van der Waals surface area contributed by atoms with Crippen LogP contribution in [0.5, 0.6) is 0 Å². The lowest BCUT2D eigenvalue weighted by atomic mass is 10.2. The molecule has 0 saturated carbocycles. The Bertz CT molecular complexity index is 103. The van der Waals surface area contributed by atoms with E-state index in [1.165, 1.54) is 26.1 Å². The Balaban J connectivity index is 2.18. The highest BCUT2D eigenvalue weighted by atomic mass is 32.1. The molecular formula is C8H17NS. The number of rotatable bonds is 2. The van der Waals surface area contributed by atoms with Crippen LogP contribution in [0.2, 0.25) is 0 Å². The summed E-state index contributed by atoms with van der Waals surface area (Å²) >= 11 is 4.43. The van der Waals surface area contributed by atoms with Gasteiger partial charge in [0.15, 0.2) is 0 Å². The van der Waals surface area contributed by atoms with Crippen molar-refractivity contribution in [2.24, 2.45) is 5.92 Å². The largest absolute Gasteiger partial charge is 0.302 e. The van der Waals surface area contributed by atoms with Crippen LogP contribution in [-0.4, -0.2) is 29.8 Å². The minimum Gasteiger partial charge on any atom is -0.302 e. The van der Waals surface area contributed by atoms with Gasteiger partial charge in [0.2, 0.25) is 0 Å². The fraction of sp³-hybridized carbons (Fsp3) is 1.00. The van der Waals surface area contributed by atoms with E-state index in [-0.39, 0.29) is 0 Å². The monoisotopic (exact) mass is 159 g/mol. The molecule has 0 aliphatic carbocycles. The standard InChI is InChI=1S/C8H17NS/c1-7(2)5-9-4-3-8(10)6-9/h7-8,10H,3-6H2,1-2H3/t8-/m0/s1. The van der Waals surface area contributed by atoms with E-state index >= 15 is 0 Å². The van der Waals surface area contributed by atoms with Gasteiger partial charge in [0.1, 0.15) is 0 Å². The average molecular weight is 159 g/mol. The Labute approximate surface area is 69.2 Å². The first kappa shape index (κ1) is 8.41. The summed E-state index contributed by atoms with van der Waals surface area (Å²) in [5, 5.41) is 0.638. The van der Waals surface area contributed by atoms with Gasteiger partial charge < -0.3 is 4.90 Å². The SMILES string of the molecule is CC(C)CN1CC[C@H](S)C1. The van der Waals surface area contributed by atoms with E-state index in [1.807, 2.05) is 0 Å². The van der Waals surface area contributed by atoms with Crippen molar-refractivity contribution in [2.45, 2.75) is 25.5 Å². The van der Waals surface area contributed by atoms with Crippen molar-refractivity contribution in [3.63, 3.8) is 0 Å². The highest BCUT2D eigenvalue weighted by Gasteiger charge is 2.19. The third-order valence-electron chi connectivity index (χ3n) is 1.87. The Hall–Kier alpha value is 0.310. The van der Waals surface area contributed by atoms with E-state index < -0.39 is 0 Å². The fourth-order valence-electron chi connectivity index (χ4n) is 1.49. The van der Waals surface area contributed by atoms with E-state index in [0.29, 0.717) is 5.25 Å². The molecule has 1 rings (SSSR count). The van der Waals surface area contributed by atoms with Crippen LogP contribution in [0.3, 0.4) is 0 Å². The zero-order chi connectivity index (χ0) is 7.56. The van der Waals surface area contributed by atoms with Crippen molar-refractivity contribution in [2.75, 3.05) is 19.6 Å². The van der Waals surface area contributed by atoms with Crippen LogP contribution in [0.15, 0.2) is 0 Å². The van der Waals surface area contributed by atoms with Gasteiger partial charge in [0.25, 0.3) is 0 Å². The Morgan fingerprint density at radius 1 is 1.60 bits per heavy atom. The fourth-order valence-corrected chi connectivity index (χ4v) is 1.84. The molecule has 0 N–H and O–H groups in total. The molecule has 1 aliphatic rings. The van der Waals surface area contributed by atoms with Gasteiger partial charge in [0, 0.05) is 18.3 Å². The number of hydrogen-bond donors (Lipinski definition) is 1. The van der Waals surface area contributed by atoms with Gasteiger partial charge in [0.05, 0.1) is 0 Å². The molecule has 0 spiro atoms. The van der Waals surface area contributed by atoms with E-state index in [2.05, 4.69) is 31.4 Å². The number of thiol groups is 1. The van der Waals surface area contributed by atoms with Gasteiger partial charge in [-0.1, -0.05) is 13.8 Å². The smallest absolute Gasteiger partial charge is 0.0156 e. The normalized spacial score (nSPS) is 28.2. The van der Waals surface area contributed by atoms with E-state index in [0.717, 1.165) is 5.92 Å². The second-order valence-corrected chi connectivity index (χ2v) is 4.33. The zero-order valence-electron chi connectivity index (χ0n) is 6.88. The van der Waals surface area contributed by atoms with E-state index in [1.54, 1.807) is 0 Å². The number of nitrogens with zero attached hydrogens (tertiary/aromatic N) is 1. The minimum atomic E-state index is 0.638. The molecule has 0 unspecified atom stereocenters. The predicted octanol–water partition coefficient (Wildman–Crippen LogP) is 1.65. The second kappa shape index (κ2) is 3.63. The summed E-state index contributed by atoms with van der Waals surface area (Å²) in [4.78, 5) is 2.50. The summed E-state index contributed by atoms with van der Waals surface area (Å²) < 4.78 is 0. The summed E-state index contributed by atoms with van der Waals surface area (Å²) in [5.74, 6) is 0.804. The molecule has 1 atom stereocenters. The lowest BCUT2D eigenvalue weighted by Crippen LogP contribution is -2.25. The molecule has 2 heteroatoms. The van der Waals surface area contributed by atoms with E-state index in [9.17, 15) is 0 Å². The average Bonchev–Trinajstić information content (AvgIpc) is 2.13. The molecule has 0 radical (unpaired) electrons. The summed E-state index contributed by atoms with van der Waals surface area (Å²) in [6.07, 6.45) is 1.27. The first-order valence-electron chi connectivity index (χ1n) is 4.09. The number of likely N-dealkylation sites (tertiary alicyclic amines) is 1. The predicted molar refractivity (Wildman–Crippen MR) is 48.7 cm³/mol. The third kappa shape index (κ3) is 2.51. The van der Waals surface area contributed by atoms with Crippen molar-refractivity contribution in [3.05, 3.63) is 0 Å². The molecule has 0 aromatic carbocycles. The van der Waals surface area contributed by atoms with E-state index in [4.69, 9.17) is 0 Å². The summed E-state index contributed by atoms with van der Waals surface area (Å²) in [5.41, 5.74) is 0. The van der Waals surface area contributed by atoms with Crippen LogP contribution in [0.4, 0.5) is 0 Å². The first-order chi connectivity index (χ1) is 4.68. The van der Waals surface area contributed by atoms with Crippen molar-refractivity contribution in [1.29, 1.82) is 0 Å². The topological polar surface area (TPSA) is 3.24 Å². The molecule has 1 heterocycles. The summed E-state index contributed by atoms with van der Waals surface area (Å²) in [7, 11) is 0. The molecule has 1 nitrogen and oxygen atoms in total. The van der Waals surface area contributed by atoms with Crippen LogP contribution in [-0.2, 0) is 0 Å². The Morgan fingerprint density at radius 2 is 2.30 bits per heavy atom. The molecular weight excluding hydrogens is 142 g/mol. The molecule has 0 aromatic rings. The summed E-state index contributed by atoms with van der Waals surface area (Å²) in [6, 6.07) is 0. The lowest BCUT2D eigenvalue weighted by molar-refractivity contribution is 0.299. The molecule has 1 fully saturated rings. The van der Waals surface area contributed by atoms with Gasteiger partial charge in [-0.2, -0.15) is 12.6 Å². The van der Waals surface area contributed by atoms with Crippen LogP contribution in [0.25, 0.3) is 0 Å². The maximum atomic E-state index is 4.43. The molecule has 0 bridgehead atoms. The molecule has 60 valence electrons. The first-order valence-corrected chi connectivity index (χ1v) is 4.60. The molecule has 0 aromatic heterocycles. The summed E-state index contributed by atoms with van der Waals surface area (Å²) in [6.45, 7) is 8.24. The van der Waals surface area contributed by atoms with Gasteiger partial charge in [-0.15, -0.1) is 0 Å². The third-order valence-corrected chi connectivity index (χ3v) is 2.29. The van der Waals surface area contributed by atoms with Gasteiger partial charge in [-0.3, -0.25) is 0 Å². The van der Waals surface area contributed by atoms with Crippen molar-refractivity contribution >= 4 is 12.6 Å². The van der Waals surface area contributed by atoms with Crippen LogP contribution in [0.1, 0.15) is 20.3 Å². The molecule has 1 saturated heterocycles. The van der Waals surface area contributed by atoms with Crippen LogP contribution in [0, 0.1) is 5.92 Å². The number of hydrogen-bond acceptors (Lipinski definition) is 2. The van der Waals surface area contributed by atoms with Gasteiger partial charge in [-0.05, 0) is 18.9 Å². The van der Waals surface area contributed by atoms with Crippen molar-refractivity contribution in [3.8, 4) is 0 Å². The zero-order valence-corrected chi connectivity index (χ0v) is 7.77. The maximum Gasteiger partial charge on any atom is 0.0156 e. The van der Waals surface area contributed by atoms with Crippen LogP contribution >= 0.6 is 12.6 Å². The second-order valence-electron chi connectivity index (χ2n) is 3.60. The molecule has 1 aliphatic heterocycles. The minimum absolute atomic E-state index is 0.638. The lowest BCUT2D eigenvalue weighted by Gasteiger charge is -2.16. The Morgan fingerprint density at radius 3 is 2.70 bits per heavy atom. The Kier molecular flexibility index (Phi) is 3.05. The van der Waals surface area contributed by atoms with Crippen molar-refractivity contribution in [1.82, 2.24) is 4.90 Å². The van der Waals surface area contributed by atoms with Crippen molar-refractivity contribution < 1.29 is 0 Å². The highest BCUT2D eigenvalue weighted by Crippen LogP contribution is 2.14. The molecule has 10 heavy (non-hydrogen) atoms. The molecule has 0 amide bonds. The van der Waals surface area contributed by atoms with Crippen LogP contribution < -0.4 is 0 Å². The van der Waals surface area contributed by atoms with Gasteiger partial charge in [-0.25, -0.2) is 0 Å². The highest BCUT2D eigenvalue weighted by molar-refractivity contribution is 7.81. The maximum absolute atomic E-state index is 4.43.